The highest BCUT2D eigenvalue weighted by Gasteiger charge is 2.29. The van der Waals surface area contributed by atoms with E-state index >= 15 is 0 Å². The van der Waals surface area contributed by atoms with Crippen LogP contribution in [0.15, 0.2) is 0 Å². The average Bonchev–Trinajstić information content (AvgIpc) is 1.82. The average molecular weight is 172 g/mol. The summed E-state index contributed by atoms with van der Waals surface area (Å²) >= 11 is 0. The smallest absolute Gasteiger partial charge is 0.247 e. The molecule has 0 heterocycles. The fraction of sp³-hybridized carbons (Fsp3) is 0.750. The Hall–Kier alpha value is -1.06. The van der Waals surface area contributed by atoms with Crippen LogP contribution in [-0.4, -0.2) is 36.3 Å². The number of likely N-dealkylation sites (N-methyl/N-ethyl adjacent to an activating group) is 1. The number of hydrogen-bond donors (Lipinski definition) is 1. The van der Waals surface area contributed by atoms with E-state index in [9.17, 15) is 9.59 Å². The molecule has 0 radical (unpaired) electrons. The number of nitrogens with zero attached hydrogens (tertiary/aromatic N) is 1. The van der Waals surface area contributed by atoms with Crippen molar-refractivity contribution in [3.63, 3.8) is 0 Å². The van der Waals surface area contributed by atoms with Gasteiger partial charge < -0.3 is 10.2 Å². The zero-order valence-electron chi connectivity index (χ0n) is 8.26. The molecule has 4 heteroatoms. The summed E-state index contributed by atoms with van der Waals surface area (Å²) in [6.07, 6.45) is 0. The van der Waals surface area contributed by atoms with Crippen LogP contribution in [0.1, 0.15) is 20.8 Å². The van der Waals surface area contributed by atoms with Crippen molar-refractivity contribution < 1.29 is 9.59 Å². The van der Waals surface area contributed by atoms with Crippen molar-refractivity contribution in [2.75, 3.05) is 14.1 Å². The summed E-state index contributed by atoms with van der Waals surface area (Å²) < 4.78 is 0. The number of hydrogen-bond acceptors (Lipinski definition) is 2. The van der Waals surface area contributed by atoms with E-state index in [4.69, 9.17) is 0 Å². The van der Waals surface area contributed by atoms with E-state index in [1.54, 1.807) is 27.9 Å². The maximum absolute atomic E-state index is 11.4. The molecule has 0 bridgehead atoms. The number of rotatable bonds is 2. The molecule has 70 valence electrons. The first-order valence-electron chi connectivity index (χ1n) is 3.78. The van der Waals surface area contributed by atoms with Crippen LogP contribution in [-0.2, 0) is 9.59 Å². The lowest BCUT2D eigenvalue weighted by molar-refractivity contribution is -0.137. The van der Waals surface area contributed by atoms with E-state index in [1.165, 1.54) is 11.8 Å². The minimum Gasteiger partial charge on any atom is -0.347 e. The first-order valence-corrected chi connectivity index (χ1v) is 3.78. The third-order valence-corrected chi connectivity index (χ3v) is 1.43. The molecule has 0 aliphatic carbocycles. The summed E-state index contributed by atoms with van der Waals surface area (Å²) in [5.41, 5.74) is -0.810. The molecule has 2 amide bonds. The molecule has 12 heavy (non-hydrogen) atoms. The second-order valence-electron chi connectivity index (χ2n) is 3.51. The van der Waals surface area contributed by atoms with Crippen molar-refractivity contribution >= 4 is 11.8 Å². The van der Waals surface area contributed by atoms with Gasteiger partial charge in [0.2, 0.25) is 11.8 Å². The predicted molar refractivity (Wildman–Crippen MR) is 46.6 cm³/mol. The minimum atomic E-state index is -0.810. The van der Waals surface area contributed by atoms with Gasteiger partial charge in [-0.3, -0.25) is 9.59 Å². The van der Waals surface area contributed by atoms with Crippen LogP contribution in [0.2, 0.25) is 0 Å². The summed E-state index contributed by atoms with van der Waals surface area (Å²) in [7, 11) is 3.32. The summed E-state index contributed by atoms with van der Waals surface area (Å²) in [5, 5.41) is 2.57. The zero-order valence-corrected chi connectivity index (χ0v) is 8.26. The Bertz CT molecular complexity index is 197. The van der Waals surface area contributed by atoms with Gasteiger partial charge >= 0.3 is 0 Å². The molecule has 1 N–H and O–H groups in total. The van der Waals surface area contributed by atoms with E-state index in [0.717, 1.165) is 0 Å². The van der Waals surface area contributed by atoms with Gasteiger partial charge in [-0.25, -0.2) is 0 Å². The van der Waals surface area contributed by atoms with Gasteiger partial charge in [0.05, 0.1) is 0 Å². The van der Waals surface area contributed by atoms with Gasteiger partial charge in [0, 0.05) is 21.0 Å². The van der Waals surface area contributed by atoms with E-state index in [2.05, 4.69) is 5.32 Å². The molecule has 0 atom stereocenters. The highest BCUT2D eigenvalue weighted by atomic mass is 16.2. The van der Waals surface area contributed by atoms with E-state index < -0.39 is 5.54 Å². The van der Waals surface area contributed by atoms with Crippen LogP contribution in [0.3, 0.4) is 0 Å². The normalized spacial score (nSPS) is 10.8. The molecule has 0 fully saturated rings. The molecule has 0 aliphatic heterocycles. The highest BCUT2D eigenvalue weighted by Crippen LogP contribution is 2.04. The molecule has 0 saturated carbocycles. The topological polar surface area (TPSA) is 49.4 Å². The van der Waals surface area contributed by atoms with Gasteiger partial charge in [-0.1, -0.05) is 0 Å². The maximum Gasteiger partial charge on any atom is 0.247 e. The van der Waals surface area contributed by atoms with Crippen LogP contribution >= 0.6 is 0 Å². The summed E-state index contributed by atoms with van der Waals surface area (Å²) in [4.78, 5) is 23.6. The van der Waals surface area contributed by atoms with Gasteiger partial charge in [-0.15, -0.1) is 0 Å². The van der Waals surface area contributed by atoms with Crippen LogP contribution in [0.25, 0.3) is 0 Å². The number of carbonyl (C=O) groups excluding carboxylic acids is 2. The molecule has 0 spiro atoms. The van der Waals surface area contributed by atoms with Crippen molar-refractivity contribution in [1.82, 2.24) is 10.2 Å². The monoisotopic (exact) mass is 172 g/mol. The van der Waals surface area contributed by atoms with Crippen LogP contribution in [0, 0.1) is 0 Å². The largest absolute Gasteiger partial charge is 0.347 e. The lowest BCUT2D eigenvalue weighted by atomic mass is 10.0. The third-order valence-electron chi connectivity index (χ3n) is 1.43. The molecule has 0 aromatic rings. The van der Waals surface area contributed by atoms with Crippen molar-refractivity contribution in [2.24, 2.45) is 0 Å². The van der Waals surface area contributed by atoms with Crippen molar-refractivity contribution in [3.05, 3.63) is 0 Å². The van der Waals surface area contributed by atoms with Crippen LogP contribution in [0.5, 0.6) is 0 Å². The van der Waals surface area contributed by atoms with E-state index in [1.807, 2.05) is 0 Å². The Morgan fingerprint density at radius 2 is 1.67 bits per heavy atom. The lowest BCUT2D eigenvalue weighted by Crippen LogP contribution is -2.53. The predicted octanol–water partition coefficient (Wildman–Crippen LogP) is -0.0107. The number of amides is 2. The minimum absolute atomic E-state index is 0.113. The SMILES string of the molecule is CC(=O)NC(C)(C)C(=O)N(C)C. The van der Waals surface area contributed by atoms with Gasteiger partial charge in [-0.05, 0) is 13.8 Å². The summed E-state index contributed by atoms with van der Waals surface area (Å²) in [6.45, 7) is 4.75. The Morgan fingerprint density at radius 3 is 1.92 bits per heavy atom. The molecule has 0 saturated heterocycles. The Balaban J connectivity index is 4.39. The Morgan fingerprint density at radius 1 is 1.25 bits per heavy atom. The number of carbonyl (C=O) groups is 2. The fourth-order valence-electron chi connectivity index (χ4n) is 1.05. The molecule has 0 rings (SSSR count). The standard InChI is InChI=1S/C8H16N2O2/c1-6(11)9-8(2,3)7(12)10(4)5/h1-5H3,(H,9,11). The second-order valence-corrected chi connectivity index (χ2v) is 3.51. The second kappa shape index (κ2) is 3.56. The molecule has 4 nitrogen and oxygen atoms in total. The highest BCUT2D eigenvalue weighted by molar-refractivity contribution is 5.89. The van der Waals surface area contributed by atoms with Gasteiger partial charge in [-0.2, -0.15) is 0 Å². The zero-order chi connectivity index (χ0) is 9.94. The van der Waals surface area contributed by atoms with Crippen molar-refractivity contribution in [1.29, 1.82) is 0 Å². The van der Waals surface area contributed by atoms with Crippen LogP contribution in [0.4, 0.5) is 0 Å². The van der Waals surface area contributed by atoms with Crippen molar-refractivity contribution in [2.45, 2.75) is 26.3 Å². The summed E-state index contributed by atoms with van der Waals surface area (Å²) in [6, 6.07) is 0. The summed E-state index contributed by atoms with van der Waals surface area (Å²) in [5.74, 6) is -0.312. The van der Waals surface area contributed by atoms with Gasteiger partial charge in [0.1, 0.15) is 5.54 Å². The maximum atomic E-state index is 11.4. The van der Waals surface area contributed by atoms with E-state index in [-0.39, 0.29) is 11.8 Å². The molecular weight excluding hydrogens is 156 g/mol. The third kappa shape index (κ3) is 2.90. The van der Waals surface area contributed by atoms with Crippen molar-refractivity contribution in [3.8, 4) is 0 Å². The molecule has 0 unspecified atom stereocenters. The van der Waals surface area contributed by atoms with Crippen LogP contribution < -0.4 is 5.32 Å². The molecule has 0 aliphatic rings. The number of nitrogens with one attached hydrogen (secondary N) is 1. The Kier molecular flexibility index (Phi) is 3.24. The van der Waals surface area contributed by atoms with Gasteiger partial charge in [0.25, 0.3) is 0 Å². The molecule has 0 aromatic heterocycles. The fourth-order valence-corrected chi connectivity index (χ4v) is 1.05. The molecular formula is C8H16N2O2. The Labute approximate surface area is 72.9 Å². The first kappa shape index (κ1) is 10.9. The molecule has 0 aromatic carbocycles. The van der Waals surface area contributed by atoms with E-state index in [0.29, 0.717) is 0 Å². The lowest BCUT2D eigenvalue weighted by Gasteiger charge is -2.27. The first-order chi connectivity index (χ1) is 5.27. The quantitative estimate of drug-likeness (QED) is 0.637. The van der Waals surface area contributed by atoms with Gasteiger partial charge in [0.15, 0.2) is 0 Å².